The molecule has 8 rings (SSSR count). The van der Waals surface area contributed by atoms with Crippen LogP contribution >= 0.6 is 0 Å². The molecule has 0 amide bonds. The van der Waals surface area contributed by atoms with Crippen LogP contribution in [0, 0.1) is 0 Å². The predicted molar refractivity (Wildman–Crippen MR) is 275 cm³/mol. The normalized spacial score (nSPS) is 23.4. The second-order valence-electron chi connectivity index (χ2n) is 20.2. The fourth-order valence-corrected chi connectivity index (χ4v) is 10.4. The second kappa shape index (κ2) is 29.0. The summed E-state index contributed by atoms with van der Waals surface area (Å²) in [5.41, 5.74) is 1.62. The van der Waals surface area contributed by atoms with E-state index in [1.807, 2.05) is 30.3 Å². The highest BCUT2D eigenvalue weighted by Crippen LogP contribution is 2.43. The summed E-state index contributed by atoms with van der Waals surface area (Å²) in [5, 5.41) is 0.392. The third-order valence-corrected chi connectivity index (χ3v) is 14.4. The Bertz CT molecular complexity index is 2070. The molecule has 0 saturated carbocycles. The molecule has 2 aromatic carbocycles. The first-order valence-electron chi connectivity index (χ1n) is 28.1. The Balaban J connectivity index is 1.15. The van der Waals surface area contributed by atoms with Crippen LogP contribution in [0.5, 0.6) is 28.7 Å². The van der Waals surface area contributed by atoms with Crippen LogP contribution in [0.15, 0.2) is 41.2 Å². The molecule has 0 radical (unpaired) electrons. The van der Waals surface area contributed by atoms with E-state index in [9.17, 15) is 0 Å². The highest BCUT2D eigenvalue weighted by Gasteiger charge is 2.30. The van der Waals surface area contributed by atoms with Gasteiger partial charge in [0.1, 0.15) is 11.5 Å². The average molecular weight is 972 g/mol. The van der Waals surface area contributed by atoms with Crippen molar-refractivity contribution >= 4 is 17.1 Å². The number of pyridine rings is 1. The van der Waals surface area contributed by atoms with Gasteiger partial charge in [0.15, 0.2) is 48.7 Å². The Labute approximate surface area is 418 Å². The molecule has 1 aromatic heterocycles. The van der Waals surface area contributed by atoms with E-state index in [1.54, 1.807) is 0 Å². The van der Waals surface area contributed by atoms with Crippen molar-refractivity contribution < 1.29 is 47.4 Å². The maximum Gasteiger partial charge on any atom is 0.235 e. The maximum atomic E-state index is 15.6. The Morgan fingerprint density at radius 2 is 0.957 bits per heavy atom. The van der Waals surface area contributed by atoms with Gasteiger partial charge in [-0.25, -0.2) is 0 Å². The largest absolute Gasteiger partial charge is 0.465 e. The van der Waals surface area contributed by atoms with Crippen LogP contribution in [-0.4, -0.2) is 69.1 Å². The van der Waals surface area contributed by atoms with E-state index < -0.39 is 25.2 Å². The summed E-state index contributed by atoms with van der Waals surface area (Å²) in [5.74, 6) is 2.23. The monoisotopic (exact) mass is 972 g/mol. The summed E-state index contributed by atoms with van der Waals surface area (Å²) >= 11 is 0. The van der Waals surface area contributed by atoms with Crippen molar-refractivity contribution in [3.05, 3.63) is 46.6 Å². The van der Waals surface area contributed by atoms with E-state index in [1.165, 1.54) is 83.5 Å². The third-order valence-electron chi connectivity index (χ3n) is 14.4. The van der Waals surface area contributed by atoms with Crippen LogP contribution < -0.4 is 29.1 Å². The molecular formula is C58H85NO11. The Morgan fingerprint density at radius 1 is 0.500 bits per heavy atom. The summed E-state index contributed by atoms with van der Waals surface area (Å²) in [6.07, 6.45) is 34.9. The Morgan fingerprint density at radius 3 is 1.46 bits per heavy atom. The lowest BCUT2D eigenvalue weighted by atomic mass is 10.0. The molecule has 0 aliphatic carbocycles. The summed E-state index contributed by atoms with van der Waals surface area (Å²) in [6, 6.07) is 9.67. The summed E-state index contributed by atoms with van der Waals surface area (Å²) in [6.45, 7) is 5.37. The summed E-state index contributed by atoms with van der Waals surface area (Å²) in [7, 11) is 0. The average Bonchev–Trinajstić information content (AvgIpc) is 3.39. The fraction of sp³-hybridized carbons (Fsp3) is 0.707. The zero-order chi connectivity index (χ0) is 48.0. The van der Waals surface area contributed by atoms with Crippen molar-refractivity contribution in [2.24, 2.45) is 0 Å². The minimum atomic E-state index is -0.597. The van der Waals surface area contributed by atoms with Gasteiger partial charge in [0, 0.05) is 56.0 Å². The zero-order valence-electron chi connectivity index (χ0n) is 42.6. The van der Waals surface area contributed by atoms with Crippen LogP contribution in [0.1, 0.15) is 200 Å². The van der Waals surface area contributed by atoms with Crippen molar-refractivity contribution in [3.8, 4) is 40.0 Å². The molecule has 3 aromatic rings. The minimum absolute atomic E-state index is 0.184. The fourth-order valence-electron chi connectivity index (χ4n) is 10.4. The van der Waals surface area contributed by atoms with Gasteiger partial charge in [0.05, 0.1) is 49.6 Å². The highest BCUT2D eigenvalue weighted by molar-refractivity contribution is 5.93. The van der Waals surface area contributed by atoms with Gasteiger partial charge in [-0.05, 0) is 95.2 Å². The lowest BCUT2D eigenvalue weighted by molar-refractivity contribution is -0.118. The van der Waals surface area contributed by atoms with E-state index in [-0.39, 0.29) is 17.5 Å². The molecule has 388 valence electrons. The van der Waals surface area contributed by atoms with Crippen LogP contribution in [0.4, 0.5) is 0 Å². The smallest absolute Gasteiger partial charge is 0.235 e. The first-order chi connectivity index (χ1) is 34.6. The van der Waals surface area contributed by atoms with Crippen molar-refractivity contribution in [2.75, 3.05) is 33.0 Å². The van der Waals surface area contributed by atoms with Gasteiger partial charge < -0.3 is 51.9 Å². The molecule has 0 bridgehead atoms. The van der Waals surface area contributed by atoms with Gasteiger partial charge in [0.2, 0.25) is 5.43 Å². The molecule has 6 heterocycles. The standard InChI is InChI=1S/C58H85NO11/c1-2-3-4-5-6-7-8-9-10-11-12-13-14-15-16-22-35-59-46-42-45(66-50-28-17-23-36-61-50)43-49(69-53-31-20-26-39-64-53)55(46)57(60)58(70-54-32-21-27-40-65-54)56(59)44-33-34-47(67-51-29-18-24-37-62-51)48(41-44)68-52-30-19-25-38-63-52/h22,33-35,41-43,50-54H,2-21,23-32,36-40H2,1H3. The molecule has 5 atom stereocenters. The van der Waals surface area contributed by atoms with E-state index in [2.05, 4.69) is 23.8 Å². The molecule has 5 saturated heterocycles. The van der Waals surface area contributed by atoms with Gasteiger partial charge in [-0.1, -0.05) is 96.5 Å². The molecule has 0 N–H and O–H groups in total. The number of rotatable bonds is 27. The minimum Gasteiger partial charge on any atom is -0.465 e. The number of ether oxygens (including phenoxy) is 10. The van der Waals surface area contributed by atoms with Gasteiger partial charge >= 0.3 is 0 Å². The number of aromatic nitrogens is 1. The molecule has 0 spiro atoms. The number of fused-ring (bicyclic) bond motifs is 1. The summed E-state index contributed by atoms with van der Waals surface area (Å²) < 4.78 is 66.1. The second-order valence-corrected chi connectivity index (χ2v) is 20.2. The number of allylic oxidation sites excluding steroid dienone is 1. The Kier molecular flexibility index (Phi) is 21.8. The van der Waals surface area contributed by atoms with E-state index in [0.717, 1.165) is 103 Å². The van der Waals surface area contributed by atoms with E-state index in [0.29, 0.717) is 84.6 Å². The number of hydrogen-bond donors (Lipinski definition) is 0. The van der Waals surface area contributed by atoms with Crippen LogP contribution in [0.25, 0.3) is 28.4 Å². The van der Waals surface area contributed by atoms with E-state index in [4.69, 9.17) is 47.4 Å². The topological polar surface area (TPSA) is 114 Å². The van der Waals surface area contributed by atoms with Gasteiger partial charge in [-0.3, -0.25) is 4.79 Å². The number of hydrogen-bond acceptors (Lipinski definition) is 11. The first-order valence-corrected chi connectivity index (χ1v) is 28.1. The molecule has 70 heavy (non-hydrogen) atoms. The first kappa shape index (κ1) is 52.5. The van der Waals surface area contributed by atoms with Crippen molar-refractivity contribution in [2.45, 2.75) is 231 Å². The molecule has 12 heteroatoms. The van der Waals surface area contributed by atoms with Gasteiger partial charge in [-0.15, -0.1) is 0 Å². The molecule has 5 aliphatic rings. The highest BCUT2D eigenvalue weighted by atomic mass is 16.7. The van der Waals surface area contributed by atoms with Crippen molar-refractivity contribution in [1.82, 2.24) is 4.57 Å². The SMILES string of the molecule is CCCCCCCCCCCCCCCCC=Cn1c(-c2ccc(OC3CCCCO3)c(OC3CCCCO3)c2)c(OC2CCCCO2)c(=O)c2c(OC3CCCCO3)cc(OC3CCCCO3)cc21. The Hall–Kier alpha value is -3.81. The van der Waals surface area contributed by atoms with Crippen LogP contribution in [0.3, 0.4) is 0 Å². The van der Waals surface area contributed by atoms with Crippen molar-refractivity contribution in [3.63, 3.8) is 0 Å². The number of benzene rings is 2. The number of nitrogens with zero attached hydrogens (tertiary/aromatic N) is 1. The maximum absolute atomic E-state index is 15.6. The van der Waals surface area contributed by atoms with Crippen LogP contribution in [-0.2, 0) is 23.7 Å². The lowest BCUT2D eigenvalue weighted by Crippen LogP contribution is -2.29. The molecule has 5 aliphatic heterocycles. The zero-order valence-corrected chi connectivity index (χ0v) is 42.6. The molecule has 12 nitrogen and oxygen atoms in total. The summed E-state index contributed by atoms with van der Waals surface area (Å²) in [4.78, 5) is 15.6. The lowest BCUT2D eigenvalue weighted by Gasteiger charge is -2.29. The van der Waals surface area contributed by atoms with Gasteiger partial charge in [-0.2, -0.15) is 0 Å². The predicted octanol–water partition coefficient (Wildman–Crippen LogP) is 14.5. The van der Waals surface area contributed by atoms with Crippen molar-refractivity contribution in [1.29, 1.82) is 0 Å². The quantitative estimate of drug-likeness (QED) is 0.0680. The van der Waals surface area contributed by atoms with E-state index >= 15 is 4.79 Å². The molecule has 5 unspecified atom stereocenters. The van der Waals surface area contributed by atoms with Gasteiger partial charge in [0.25, 0.3) is 0 Å². The number of unbranched alkanes of at least 4 members (excludes halogenated alkanes) is 14. The molecule has 5 fully saturated rings. The molecular weight excluding hydrogens is 887 g/mol. The third kappa shape index (κ3) is 15.8. The van der Waals surface area contributed by atoms with Crippen LogP contribution in [0.2, 0.25) is 0 Å².